The molecule has 4 nitrogen and oxygen atoms in total. The van der Waals surface area contributed by atoms with E-state index in [0.29, 0.717) is 5.82 Å². The zero-order valence-corrected chi connectivity index (χ0v) is 8.43. The van der Waals surface area contributed by atoms with E-state index in [-0.39, 0.29) is 5.75 Å². The van der Waals surface area contributed by atoms with Gasteiger partial charge in [0.25, 0.3) is 0 Å². The van der Waals surface area contributed by atoms with Gasteiger partial charge in [-0.05, 0) is 25.5 Å². The number of sulfonamides is 1. The Morgan fingerprint density at radius 3 is 2.62 bits per heavy atom. The van der Waals surface area contributed by atoms with Crippen molar-refractivity contribution in [3.8, 4) is 0 Å². The van der Waals surface area contributed by atoms with Gasteiger partial charge in [-0.2, -0.15) is 0 Å². The lowest BCUT2D eigenvalue weighted by Gasteiger charge is -2.04. The smallest absolute Gasteiger partial charge is 0.233 e. The molecule has 0 aromatic carbocycles. The Balaban J connectivity index is 2.82. The van der Waals surface area contributed by atoms with Crippen LogP contribution in [0.1, 0.15) is 12.5 Å². The topological polar surface area (TPSA) is 59.1 Å². The van der Waals surface area contributed by atoms with Crippen molar-refractivity contribution in [2.24, 2.45) is 0 Å². The third kappa shape index (κ3) is 3.02. The average molecular weight is 200 g/mol. The molecule has 1 aromatic heterocycles. The monoisotopic (exact) mass is 200 g/mol. The summed E-state index contributed by atoms with van der Waals surface area (Å²) in [6, 6.07) is 3.45. The maximum atomic E-state index is 11.1. The first-order valence-electron chi connectivity index (χ1n) is 3.96. The molecule has 5 heteroatoms. The van der Waals surface area contributed by atoms with Gasteiger partial charge in [-0.1, -0.05) is 6.07 Å². The van der Waals surface area contributed by atoms with Crippen LogP contribution >= 0.6 is 0 Å². The van der Waals surface area contributed by atoms with Gasteiger partial charge in [0.05, 0.1) is 5.75 Å². The molecule has 13 heavy (non-hydrogen) atoms. The van der Waals surface area contributed by atoms with Gasteiger partial charge in [-0.25, -0.2) is 13.4 Å². The number of hydrogen-bond donors (Lipinski definition) is 1. The summed E-state index contributed by atoms with van der Waals surface area (Å²) in [6.45, 7) is 3.47. The van der Waals surface area contributed by atoms with Gasteiger partial charge in [-0.3, -0.25) is 4.72 Å². The Hall–Kier alpha value is -1.10. The van der Waals surface area contributed by atoms with E-state index >= 15 is 0 Å². The van der Waals surface area contributed by atoms with E-state index < -0.39 is 10.0 Å². The van der Waals surface area contributed by atoms with Gasteiger partial charge in [-0.15, -0.1) is 0 Å². The minimum absolute atomic E-state index is 0.0581. The Morgan fingerprint density at radius 2 is 2.15 bits per heavy atom. The van der Waals surface area contributed by atoms with Crippen LogP contribution in [-0.4, -0.2) is 19.2 Å². The third-order valence-corrected chi connectivity index (χ3v) is 2.83. The molecule has 0 bridgehead atoms. The maximum Gasteiger partial charge on any atom is 0.233 e. The van der Waals surface area contributed by atoms with Crippen LogP contribution < -0.4 is 4.72 Å². The minimum atomic E-state index is -3.20. The second kappa shape index (κ2) is 3.74. The first kappa shape index (κ1) is 9.98. The lowest BCUT2D eigenvalue weighted by molar-refractivity contribution is 0.602. The molecule has 0 unspecified atom stereocenters. The van der Waals surface area contributed by atoms with Crippen molar-refractivity contribution in [3.05, 3.63) is 23.9 Å². The number of hydrogen-bond acceptors (Lipinski definition) is 3. The summed E-state index contributed by atoms with van der Waals surface area (Å²) >= 11 is 0. The van der Waals surface area contributed by atoms with Crippen molar-refractivity contribution in [1.82, 2.24) is 4.98 Å². The third-order valence-electron chi connectivity index (χ3n) is 1.55. The molecule has 0 aliphatic carbocycles. The highest BCUT2D eigenvalue weighted by atomic mass is 32.2. The Bertz CT molecular complexity index is 370. The summed E-state index contributed by atoms with van der Waals surface area (Å²) in [5, 5.41) is 0. The van der Waals surface area contributed by atoms with Crippen LogP contribution in [0, 0.1) is 6.92 Å². The molecule has 1 rings (SSSR count). The zero-order chi connectivity index (χ0) is 9.90. The maximum absolute atomic E-state index is 11.1. The molecule has 1 heterocycles. The SMILES string of the molecule is CCS(=O)(=O)Nc1ccc(C)cn1. The molecule has 1 aromatic rings. The molecule has 0 aliphatic rings. The van der Waals surface area contributed by atoms with Crippen molar-refractivity contribution < 1.29 is 8.42 Å². The Morgan fingerprint density at radius 1 is 1.46 bits per heavy atom. The van der Waals surface area contributed by atoms with Crippen LogP contribution in [0.5, 0.6) is 0 Å². The number of nitrogens with zero attached hydrogens (tertiary/aromatic N) is 1. The molecule has 1 N–H and O–H groups in total. The van der Waals surface area contributed by atoms with E-state index in [0.717, 1.165) is 5.56 Å². The Kier molecular flexibility index (Phi) is 2.87. The fraction of sp³-hybridized carbons (Fsp3) is 0.375. The molecular formula is C8H12N2O2S. The van der Waals surface area contributed by atoms with Crippen LogP contribution in [-0.2, 0) is 10.0 Å². The normalized spacial score (nSPS) is 11.2. The molecule has 0 fully saturated rings. The van der Waals surface area contributed by atoms with Gasteiger partial charge in [0.2, 0.25) is 10.0 Å². The van der Waals surface area contributed by atoms with Gasteiger partial charge >= 0.3 is 0 Å². The number of aryl methyl sites for hydroxylation is 1. The fourth-order valence-electron chi connectivity index (χ4n) is 0.760. The van der Waals surface area contributed by atoms with Gasteiger partial charge in [0.15, 0.2) is 0 Å². The summed E-state index contributed by atoms with van der Waals surface area (Å²) in [7, 11) is -3.20. The molecule has 0 aliphatic heterocycles. The molecule has 0 atom stereocenters. The highest BCUT2D eigenvalue weighted by molar-refractivity contribution is 7.92. The molecule has 0 saturated heterocycles. The van der Waals surface area contributed by atoms with E-state index in [1.165, 1.54) is 0 Å². The largest absolute Gasteiger partial charge is 0.267 e. The van der Waals surface area contributed by atoms with Crippen LogP contribution in [0.4, 0.5) is 5.82 Å². The molecule has 0 radical (unpaired) electrons. The van der Waals surface area contributed by atoms with Crippen molar-refractivity contribution in [3.63, 3.8) is 0 Å². The molecule has 72 valence electrons. The fourth-order valence-corrected chi connectivity index (χ4v) is 1.34. The van der Waals surface area contributed by atoms with E-state index in [1.54, 1.807) is 25.3 Å². The number of aromatic nitrogens is 1. The average Bonchev–Trinajstić information content (AvgIpc) is 2.09. The number of pyridine rings is 1. The standard InChI is InChI=1S/C8H12N2O2S/c1-3-13(11,12)10-8-5-4-7(2)6-9-8/h4-6H,3H2,1-2H3,(H,9,10). The van der Waals surface area contributed by atoms with Gasteiger partial charge in [0, 0.05) is 6.20 Å². The quantitative estimate of drug-likeness (QED) is 0.796. The lowest BCUT2D eigenvalue weighted by Crippen LogP contribution is -2.15. The summed E-state index contributed by atoms with van der Waals surface area (Å²) < 4.78 is 24.6. The predicted molar refractivity (Wildman–Crippen MR) is 52.1 cm³/mol. The second-order valence-corrected chi connectivity index (χ2v) is 4.74. The summed E-state index contributed by atoms with van der Waals surface area (Å²) in [5.74, 6) is 0.426. The summed E-state index contributed by atoms with van der Waals surface area (Å²) in [5.41, 5.74) is 0.999. The molecule has 0 amide bonds. The second-order valence-electron chi connectivity index (χ2n) is 2.73. The van der Waals surface area contributed by atoms with Crippen molar-refractivity contribution in [1.29, 1.82) is 0 Å². The lowest BCUT2D eigenvalue weighted by atomic mass is 10.3. The molecular weight excluding hydrogens is 188 g/mol. The summed E-state index contributed by atoms with van der Waals surface area (Å²) in [6.07, 6.45) is 1.62. The molecule has 0 saturated carbocycles. The van der Waals surface area contributed by atoms with Crippen molar-refractivity contribution >= 4 is 15.8 Å². The van der Waals surface area contributed by atoms with E-state index in [1.807, 2.05) is 6.92 Å². The van der Waals surface area contributed by atoms with E-state index in [2.05, 4.69) is 9.71 Å². The highest BCUT2D eigenvalue weighted by Crippen LogP contribution is 2.05. The summed E-state index contributed by atoms with van der Waals surface area (Å²) in [4.78, 5) is 3.92. The van der Waals surface area contributed by atoms with Crippen LogP contribution in [0.2, 0.25) is 0 Å². The first-order chi connectivity index (χ1) is 6.03. The van der Waals surface area contributed by atoms with Gasteiger partial charge < -0.3 is 0 Å². The number of nitrogens with one attached hydrogen (secondary N) is 1. The van der Waals surface area contributed by atoms with E-state index in [9.17, 15) is 8.42 Å². The van der Waals surface area contributed by atoms with Crippen LogP contribution in [0.15, 0.2) is 18.3 Å². The zero-order valence-electron chi connectivity index (χ0n) is 7.61. The number of rotatable bonds is 3. The Labute approximate surface area is 78.1 Å². The van der Waals surface area contributed by atoms with Crippen LogP contribution in [0.3, 0.4) is 0 Å². The first-order valence-corrected chi connectivity index (χ1v) is 5.62. The van der Waals surface area contributed by atoms with Crippen molar-refractivity contribution in [2.45, 2.75) is 13.8 Å². The molecule has 0 spiro atoms. The van der Waals surface area contributed by atoms with Gasteiger partial charge in [0.1, 0.15) is 5.82 Å². The highest BCUT2D eigenvalue weighted by Gasteiger charge is 2.06. The van der Waals surface area contributed by atoms with Crippen LogP contribution in [0.25, 0.3) is 0 Å². The number of anilines is 1. The van der Waals surface area contributed by atoms with Crippen molar-refractivity contribution in [2.75, 3.05) is 10.5 Å². The van der Waals surface area contributed by atoms with E-state index in [4.69, 9.17) is 0 Å². The minimum Gasteiger partial charge on any atom is -0.267 e. The predicted octanol–water partition coefficient (Wildman–Crippen LogP) is 1.15.